The lowest BCUT2D eigenvalue weighted by molar-refractivity contribution is -0.00770. The molecule has 0 spiro atoms. The van der Waals surface area contributed by atoms with E-state index in [2.05, 4.69) is 0 Å². The fraction of sp³-hybridized carbons (Fsp3) is 0.381. The number of rotatable bonds is 6. The van der Waals surface area contributed by atoms with E-state index >= 15 is 0 Å². The third-order valence-corrected chi connectivity index (χ3v) is 4.75. The van der Waals surface area contributed by atoms with Gasteiger partial charge >= 0.3 is 0 Å². The molecule has 1 aliphatic heterocycles. The van der Waals surface area contributed by atoms with Crippen LogP contribution in [0.15, 0.2) is 36.4 Å². The summed E-state index contributed by atoms with van der Waals surface area (Å²) in [6, 6.07) is 8.31. The summed E-state index contributed by atoms with van der Waals surface area (Å²) >= 11 is 0. The molecular formula is C21H23F2NO4. The number of carbonyl (C=O) groups excluding carboxylic acids is 1. The van der Waals surface area contributed by atoms with E-state index in [0.717, 1.165) is 31.0 Å². The van der Waals surface area contributed by atoms with Gasteiger partial charge in [0.2, 0.25) is 0 Å². The lowest BCUT2D eigenvalue weighted by Gasteiger charge is -2.33. The van der Waals surface area contributed by atoms with Gasteiger partial charge in [-0.2, -0.15) is 0 Å². The summed E-state index contributed by atoms with van der Waals surface area (Å²) in [5, 5.41) is 0. The normalized spacial score (nSPS) is 16.7. The van der Waals surface area contributed by atoms with Gasteiger partial charge in [-0.3, -0.25) is 4.79 Å². The van der Waals surface area contributed by atoms with E-state index in [1.54, 1.807) is 23.1 Å². The van der Waals surface area contributed by atoms with Crippen LogP contribution in [0.5, 0.6) is 11.5 Å². The second-order valence-electron chi connectivity index (χ2n) is 6.66. The van der Waals surface area contributed by atoms with Crippen LogP contribution in [0.4, 0.5) is 8.78 Å². The molecule has 0 N–H and O–H groups in total. The average Bonchev–Trinajstić information content (AvgIpc) is 2.73. The van der Waals surface area contributed by atoms with E-state index in [0.29, 0.717) is 30.2 Å². The molecule has 0 saturated carbocycles. The molecule has 2 aromatic rings. The molecule has 1 amide bonds. The zero-order chi connectivity index (χ0) is 20.1. The smallest absolute Gasteiger partial charge is 0.254 e. The minimum Gasteiger partial charge on any atom is -0.497 e. The fourth-order valence-electron chi connectivity index (χ4n) is 3.23. The minimum atomic E-state index is -0.507. The van der Waals surface area contributed by atoms with Crippen LogP contribution in [-0.2, 0) is 11.3 Å². The predicted molar refractivity (Wildman–Crippen MR) is 99.6 cm³/mol. The second-order valence-corrected chi connectivity index (χ2v) is 6.66. The highest BCUT2D eigenvalue weighted by atomic mass is 19.1. The number of piperidine rings is 1. The van der Waals surface area contributed by atoms with Crippen molar-refractivity contribution in [1.82, 2.24) is 4.90 Å². The maximum absolute atomic E-state index is 13.8. The SMILES string of the molecule is COc1cc(OC)cc(C(=O)N2CCC[C@H](OCc3cc(F)ccc3F)C2)c1. The van der Waals surface area contributed by atoms with Gasteiger partial charge in [-0.1, -0.05) is 0 Å². The maximum Gasteiger partial charge on any atom is 0.254 e. The topological polar surface area (TPSA) is 48.0 Å². The molecule has 1 heterocycles. The first-order valence-electron chi connectivity index (χ1n) is 9.08. The number of amides is 1. The van der Waals surface area contributed by atoms with E-state index < -0.39 is 11.6 Å². The molecule has 3 rings (SSSR count). The Bertz CT molecular complexity index is 821. The number of hydrogen-bond donors (Lipinski definition) is 0. The Hall–Kier alpha value is -2.67. The number of likely N-dealkylation sites (tertiary alicyclic amines) is 1. The second kappa shape index (κ2) is 9.01. The van der Waals surface area contributed by atoms with Crippen molar-refractivity contribution in [1.29, 1.82) is 0 Å². The molecule has 150 valence electrons. The van der Waals surface area contributed by atoms with Crippen molar-refractivity contribution < 1.29 is 27.8 Å². The highest BCUT2D eigenvalue weighted by Crippen LogP contribution is 2.25. The van der Waals surface area contributed by atoms with Crippen LogP contribution in [-0.4, -0.2) is 44.2 Å². The van der Waals surface area contributed by atoms with E-state index in [1.807, 2.05) is 0 Å². The molecule has 1 atom stereocenters. The summed E-state index contributed by atoms with van der Waals surface area (Å²) in [6.07, 6.45) is 1.28. The highest BCUT2D eigenvalue weighted by Gasteiger charge is 2.26. The van der Waals surface area contributed by atoms with Gasteiger partial charge in [0.25, 0.3) is 5.91 Å². The molecule has 0 radical (unpaired) electrons. The largest absolute Gasteiger partial charge is 0.497 e. The lowest BCUT2D eigenvalue weighted by atomic mass is 10.1. The Kier molecular flexibility index (Phi) is 6.46. The number of hydrogen-bond acceptors (Lipinski definition) is 4. The number of halogens is 2. The van der Waals surface area contributed by atoms with E-state index in [-0.39, 0.29) is 24.2 Å². The Morgan fingerprint density at radius 2 is 1.82 bits per heavy atom. The van der Waals surface area contributed by atoms with Gasteiger partial charge in [0.05, 0.1) is 26.9 Å². The number of benzene rings is 2. The Morgan fingerprint density at radius 3 is 2.50 bits per heavy atom. The molecule has 5 nitrogen and oxygen atoms in total. The first kappa shape index (κ1) is 20.1. The molecule has 2 aromatic carbocycles. The molecule has 28 heavy (non-hydrogen) atoms. The van der Waals surface area contributed by atoms with Crippen LogP contribution >= 0.6 is 0 Å². The quantitative estimate of drug-likeness (QED) is 0.752. The molecular weight excluding hydrogens is 368 g/mol. The summed E-state index contributed by atoms with van der Waals surface area (Å²) in [5.41, 5.74) is 0.633. The van der Waals surface area contributed by atoms with Crippen molar-refractivity contribution in [2.75, 3.05) is 27.3 Å². The first-order chi connectivity index (χ1) is 13.5. The average molecular weight is 391 g/mol. The van der Waals surface area contributed by atoms with Gasteiger partial charge < -0.3 is 19.1 Å². The van der Waals surface area contributed by atoms with Crippen LogP contribution in [0.25, 0.3) is 0 Å². The van der Waals surface area contributed by atoms with Gasteiger partial charge in [-0.25, -0.2) is 8.78 Å². The summed E-state index contributed by atoms with van der Waals surface area (Å²) in [4.78, 5) is 14.6. The van der Waals surface area contributed by atoms with E-state index in [4.69, 9.17) is 14.2 Å². The van der Waals surface area contributed by atoms with Crippen molar-refractivity contribution in [3.05, 3.63) is 59.2 Å². The third kappa shape index (κ3) is 4.78. The van der Waals surface area contributed by atoms with Crippen LogP contribution in [0.3, 0.4) is 0 Å². The van der Waals surface area contributed by atoms with Gasteiger partial charge in [0.1, 0.15) is 23.1 Å². The van der Waals surface area contributed by atoms with Crippen molar-refractivity contribution in [2.24, 2.45) is 0 Å². The third-order valence-electron chi connectivity index (χ3n) is 4.75. The number of carbonyl (C=O) groups is 1. The summed E-state index contributed by atoms with van der Waals surface area (Å²) < 4.78 is 43.3. The van der Waals surface area contributed by atoms with Gasteiger partial charge in [0.15, 0.2) is 0 Å². The van der Waals surface area contributed by atoms with Crippen LogP contribution in [0, 0.1) is 11.6 Å². The molecule has 1 fully saturated rings. The zero-order valence-electron chi connectivity index (χ0n) is 15.9. The van der Waals surface area contributed by atoms with Crippen molar-refractivity contribution >= 4 is 5.91 Å². The van der Waals surface area contributed by atoms with Crippen LogP contribution in [0.2, 0.25) is 0 Å². The standard InChI is InChI=1S/C21H23F2NO4/c1-26-18-9-14(10-19(11-18)27-2)21(25)24-7-3-4-17(12-24)28-13-15-8-16(22)5-6-20(15)23/h5-6,8-11,17H,3-4,7,12-13H2,1-2H3/t17-/m0/s1. The van der Waals surface area contributed by atoms with Crippen molar-refractivity contribution in [3.8, 4) is 11.5 Å². The minimum absolute atomic E-state index is 0.0384. The summed E-state index contributed by atoms with van der Waals surface area (Å²) in [7, 11) is 3.05. The molecule has 1 saturated heterocycles. The summed E-state index contributed by atoms with van der Waals surface area (Å²) in [5.74, 6) is -0.0911. The highest BCUT2D eigenvalue weighted by molar-refractivity contribution is 5.95. The van der Waals surface area contributed by atoms with Gasteiger partial charge in [-0.05, 0) is 43.2 Å². The van der Waals surface area contributed by atoms with Crippen LogP contribution < -0.4 is 9.47 Å². The first-order valence-corrected chi connectivity index (χ1v) is 9.08. The Labute approximate surface area is 162 Å². The van der Waals surface area contributed by atoms with Gasteiger partial charge in [0, 0.05) is 30.3 Å². The summed E-state index contributed by atoms with van der Waals surface area (Å²) in [6.45, 7) is 0.950. The molecule has 7 heteroatoms. The van der Waals surface area contributed by atoms with Crippen LogP contribution in [0.1, 0.15) is 28.8 Å². The number of methoxy groups -OCH3 is 2. The van der Waals surface area contributed by atoms with Crippen molar-refractivity contribution in [3.63, 3.8) is 0 Å². The lowest BCUT2D eigenvalue weighted by Crippen LogP contribution is -2.43. The molecule has 0 unspecified atom stereocenters. The Morgan fingerprint density at radius 1 is 1.11 bits per heavy atom. The van der Waals surface area contributed by atoms with E-state index in [9.17, 15) is 13.6 Å². The zero-order valence-corrected chi connectivity index (χ0v) is 15.9. The molecule has 0 aliphatic carbocycles. The monoisotopic (exact) mass is 391 g/mol. The van der Waals surface area contributed by atoms with Gasteiger partial charge in [-0.15, -0.1) is 0 Å². The molecule has 1 aliphatic rings. The van der Waals surface area contributed by atoms with Crippen molar-refractivity contribution in [2.45, 2.75) is 25.6 Å². The number of ether oxygens (including phenoxy) is 3. The number of nitrogens with zero attached hydrogens (tertiary/aromatic N) is 1. The maximum atomic E-state index is 13.8. The Balaban J connectivity index is 1.66. The fourth-order valence-corrected chi connectivity index (χ4v) is 3.23. The predicted octanol–water partition coefficient (Wildman–Crippen LogP) is 3.80. The molecule has 0 bridgehead atoms. The van der Waals surface area contributed by atoms with E-state index in [1.165, 1.54) is 14.2 Å². The molecule has 0 aromatic heterocycles.